The fourth-order valence-electron chi connectivity index (χ4n) is 1.76. The SMILES string of the molecule is CC(Cc1ccco1)NCc1cccn1C. The van der Waals surface area contributed by atoms with Crippen LogP contribution in [0.15, 0.2) is 41.1 Å². The molecule has 0 bridgehead atoms. The molecule has 2 heterocycles. The van der Waals surface area contributed by atoms with E-state index >= 15 is 0 Å². The van der Waals surface area contributed by atoms with Gasteiger partial charge in [0.1, 0.15) is 5.76 Å². The number of hydrogen-bond acceptors (Lipinski definition) is 2. The molecule has 0 aliphatic rings. The summed E-state index contributed by atoms with van der Waals surface area (Å²) in [6, 6.07) is 8.56. The molecule has 0 saturated carbocycles. The molecule has 0 radical (unpaired) electrons. The van der Waals surface area contributed by atoms with Crippen LogP contribution in [0.4, 0.5) is 0 Å². The zero-order valence-corrected chi connectivity index (χ0v) is 9.81. The highest BCUT2D eigenvalue weighted by Gasteiger charge is 2.05. The number of aromatic nitrogens is 1. The zero-order valence-electron chi connectivity index (χ0n) is 9.81. The molecule has 16 heavy (non-hydrogen) atoms. The normalized spacial score (nSPS) is 12.9. The number of furan rings is 1. The summed E-state index contributed by atoms with van der Waals surface area (Å²) in [7, 11) is 2.06. The van der Waals surface area contributed by atoms with Crippen molar-refractivity contribution < 1.29 is 4.42 Å². The Morgan fingerprint density at radius 2 is 2.25 bits per heavy atom. The van der Waals surface area contributed by atoms with Crippen LogP contribution in [0.5, 0.6) is 0 Å². The van der Waals surface area contributed by atoms with Crippen molar-refractivity contribution in [2.75, 3.05) is 0 Å². The number of nitrogens with zero attached hydrogens (tertiary/aromatic N) is 1. The molecule has 0 spiro atoms. The average molecular weight is 218 g/mol. The molecule has 3 nitrogen and oxygen atoms in total. The first-order valence-corrected chi connectivity index (χ1v) is 5.61. The van der Waals surface area contributed by atoms with Gasteiger partial charge in [0.05, 0.1) is 6.26 Å². The van der Waals surface area contributed by atoms with Crippen LogP contribution < -0.4 is 5.32 Å². The smallest absolute Gasteiger partial charge is 0.105 e. The topological polar surface area (TPSA) is 30.1 Å². The zero-order chi connectivity index (χ0) is 11.4. The minimum atomic E-state index is 0.418. The molecule has 2 aromatic rings. The third kappa shape index (κ3) is 2.76. The molecule has 2 rings (SSSR count). The first-order valence-electron chi connectivity index (χ1n) is 5.61. The van der Waals surface area contributed by atoms with Gasteiger partial charge in [-0.15, -0.1) is 0 Å². The molecule has 2 aromatic heterocycles. The van der Waals surface area contributed by atoms with E-state index < -0.39 is 0 Å². The second kappa shape index (κ2) is 5.03. The molecule has 3 heteroatoms. The van der Waals surface area contributed by atoms with Gasteiger partial charge in [0, 0.05) is 37.9 Å². The lowest BCUT2D eigenvalue weighted by Gasteiger charge is -2.12. The molecule has 0 aliphatic heterocycles. The van der Waals surface area contributed by atoms with Crippen LogP contribution in [0.25, 0.3) is 0 Å². The number of aryl methyl sites for hydroxylation is 1. The van der Waals surface area contributed by atoms with E-state index in [1.54, 1.807) is 6.26 Å². The Hall–Kier alpha value is -1.48. The highest BCUT2D eigenvalue weighted by atomic mass is 16.3. The number of nitrogens with one attached hydrogen (secondary N) is 1. The van der Waals surface area contributed by atoms with Gasteiger partial charge in [0.25, 0.3) is 0 Å². The van der Waals surface area contributed by atoms with Gasteiger partial charge in [-0.05, 0) is 31.2 Å². The summed E-state index contributed by atoms with van der Waals surface area (Å²) in [4.78, 5) is 0. The molecule has 1 N–H and O–H groups in total. The summed E-state index contributed by atoms with van der Waals surface area (Å²) in [6.07, 6.45) is 4.71. The van der Waals surface area contributed by atoms with Crippen LogP contribution in [0, 0.1) is 0 Å². The first-order chi connectivity index (χ1) is 7.75. The summed E-state index contributed by atoms with van der Waals surface area (Å²) in [5.74, 6) is 1.03. The predicted molar refractivity (Wildman–Crippen MR) is 64.1 cm³/mol. The summed E-state index contributed by atoms with van der Waals surface area (Å²) in [6.45, 7) is 3.07. The maximum Gasteiger partial charge on any atom is 0.105 e. The second-order valence-corrected chi connectivity index (χ2v) is 4.18. The van der Waals surface area contributed by atoms with Crippen LogP contribution in [0.1, 0.15) is 18.4 Å². The lowest BCUT2D eigenvalue weighted by atomic mass is 10.2. The van der Waals surface area contributed by atoms with E-state index in [-0.39, 0.29) is 0 Å². The standard InChI is InChI=1S/C13H18N2O/c1-11(9-13-6-4-8-16-13)14-10-12-5-3-7-15(12)2/h3-8,11,14H,9-10H2,1-2H3. The number of hydrogen-bond donors (Lipinski definition) is 1. The molecule has 86 valence electrons. The van der Waals surface area contributed by atoms with E-state index in [1.165, 1.54) is 5.69 Å². The highest BCUT2D eigenvalue weighted by molar-refractivity contribution is 5.06. The molecule has 0 aromatic carbocycles. The third-order valence-electron chi connectivity index (χ3n) is 2.77. The van der Waals surface area contributed by atoms with Crippen molar-refractivity contribution in [2.24, 2.45) is 7.05 Å². The highest BCUT2D eigenvalue weighted by Crippen LogP contribution is 2.05. The molecular formula is C13H18N2O. The van der Waals surface area contributed by atoms with Crippen LogP contribution in [-0.4, -0.2) is 10.6 Å². The van der Waals surface area contributed by atoms with Crippen molar-refractivity contribution in [2.45, 2.75) is 25.9 Å². The van der Waals surface area contributed by atoms with Crippen molar-refractivity contribution in [3.05, 3.63) is 48.2 Å². The van der Waals surface area contributed by atoms with Crippen LogP contribution in [0.3, 0.4) is 0 Å². The molecule has 0 fully saturated rings. The Morgan fingerprint density at radius 3 is 2.88 bits per heavy atom. The van der Waals surface area contributed by atoms with Crippen LogP contribution in [0.2, 0.25) is 0 Å². The van der Waals surface area contributed by atoms with Crippen molar-refractivity contribution in [3.8, 4) is 0 Å². The van der Waals surface area contributed by atoms with Gasteiger partial charge in [-0.3, -0.25) is 0 Å². The van der Waals surface area contributed by atoms with E-state index in [2.05, 4.69) is 42.2 Å². The maximum atomic E-state index is 5.32. The molecule has 0 amide bonds. The maximum absolute atomic E-state index is 5.32. The average Bonchev–Trinajstić information content (AvgIpc) is 2.87. The van der Waals surface area contributed by atoms with E-state index in [0.29, 0.717) is 6.04 Å². The Balaban J connectivity index is 1.80. The van der Waals surface area contributed by atoms with Crippen LogP contribution in [-0.2, 0) is 20.0 Å². The Bertz CT molecular complexity index is 417. The Kier molecular flexibility index (Phi) is 3.47. The lowest BCUT2D eigenvalue weighted by molar-refractivity contribution is 0.453. The molecule has 1 unspecified atom stereocenters. The van der Waals surface area contributed by atoms with Gasteiger partial charge in [0.2, 0.25) is 0 Å². The third-order valence-corrected chi connectivity index (χ3v) is 2.77. The van der Waals surface area contributed by atoms with Crippen molar-refractivity contribution >= 4 is 0 Å². The van der Waals surface area contributed by atoms with Gasteiger partial charge in [-0.1, -0.05) is 0 Å². The largest absolute Gasteiger partial charge is 0.469 e. The van der Waals surface area contributed by atoms with Gasteiger partial charge in [0.15, 0.2) is 0 Å². The van der Waals surface area contributed by atoms with Crippen molar-refractivity contribution in [3.63, 3.8) is 0 Å². The summed E-state index contributed by atoms with van der Waals surface area (Å²) >= 11 is 0. The van der Waals surface area contributed by atoms with Gasteiger partial charge >= 0.3 is 0 Å². The summed E-state index contributed by atoms with van der Waals surface area (Å²) < 4.78 is 7.45. The van der Waals surface area contributed by atoms with E-state index in [0.717, 1.165) is 18.7 Å². The molecule has 0 aliphatic carbocycles. The fraction of sp³-hybridized carbons (Fsp3) is 0.385. The van der Waals surface area contributed by atoms with Crippen molar-refractivity contribution in [1.29, 1.82) is 0 Å². The quantitative estimate of drug-likeness (QED) is 0.835. The Morgan fingerprint density at radius 1 is 1.38 bits per heavy atom. The first kappa shape index (κ1) is 11.0. The monoisotopic (exact) mass is 218 g/mol. The Labute approximate surface area is 96.1 Å². The summed E-state index contributed by atoms with van der Waals surface area (Å²) in [5, 5.41) is 3.48. The lowest BCUT2D eigenvalue weighted by Crippen LogP contribution is -2.28. The van der Waals surface area contributed by atoms with Gasteiger partial charge in [-0.2, -0.15) is 0 Å². The molecular weight excluding hydrogens is 200 g/mol. The van der Waals surface area contributed by atoms with Gasteiger partial charge in [-0.25, -0.2) is 0 Å². The minimum absolute atomic E-state index is 0.418. The van der Waals surface area contributed by atoms with Crippen LogP contribution >= 0.6 is 0 Å². The minimum Gasteiger partial charge on any atom is -0.469 e. The number of rotatable bonds is 5. The van der Waals surface area contributed by atoms with E-state index in [9.17, 15) is 0 Å². The molecule has 0 saturated heterocycles. The van der Waals surface area contributed by atoms with Gasteiger partial charge < -0.3 is 14.3 Å². The molecule has 1 atom stereocenters. The fourth-order valence-corrected chi connectivity index (χ4v) is 1.76. The predicted octanol–water partition coefficient (Wildman–Crippen LogP) is 2.34. The second-order valence-electron chi connectivity index (χ2n) is 4.18. The van der Waals surface area contributed by atoms with E-state index in [4.69, 9.17) is 4.42 Å². The van der Waals surface area contributed by atoms with E-state index in [1.807, 2.05) is 12.1 Å². The summed E-state index contributed by atoms with van der Waals surface area (Å²) in [5.41, 5.74) is 1.30. The van der Waals surface area contributed by atoms with Crippen molar-refractivity contribution in [1.82, 2.24) is 9.88 Å².